The molecule has 0 saturated carbocycles. The van der Waals surface area contributed by atoms with Crippen LogP contribution >= 0.6 is 0 Å². The Labute approximate surface area is 125 Å². The molecule has 21 heavy (non-hydrogen) atoms. The number of aryl methyl sites for hydroxylation is 1. The molecule has 0 aliphatic carbocycles. The number of piperidine rings is 1. The molecule has 1 aliphatic heterocycles. The van der Waals surface area contributed by atoms with Crippen molar-refractivity contribution >= 4 is 5.91 Å². The number of likely N-dealkylation sites (tertiary alicyclic amines) is 1. The summed E-state index contributed by atoms with van der Waals surface area (Å²) in [7, 11) is 0. The van der Waals surface area contributed by atoms with Gasteiger partial charge in [-0.2, -0.15) is 5.10 Å². The molecule has 1 aliphatic rings. The number of nitrogens with zero attached hydrogens (tertiary/aromatic N) is 3. The Hall–Kier alpha value is -2.10. The van der Waals surface area contributed by atoms with Crippen LogP contribution in [0.4, 0.5) is 0 Å². The van der Waals surface area contributed by atoms with Crippen molar-refractivity contribution in [2.75, 3.05) is 13.1 Å². The van der Waals surface area contributed by atoms with E-state index in [1.165, 1.54) is 11.1 Å². The predicted molar refractivity (Wildman–Crippen MR) is 82.5 cm³/mol. The first kappa shape index (κ1) is 13.9. The highest BCUT2D eigenvalue weighted by Crippen LogP contribution is 2.28. The van der Waals surface area contributed by atoms with Crippen LogP contribution in [-0.4, -0.2) is 33.7 Å². The van der Waals surface area contributed by atoms with Gasteiger partial charge in [-0.1, -0.05) is 12.1 Å². The molecule has 0 spiro atoms. The summed E-state index contributed by atoms with van der Waals surface area (Å²) >= 11 is 0. The van der Waals surface area contributed by atoms with Gasteiger partial charge in [0.05, 0.1) is 11.9 Å². The smallest absolute Gasteiger partial charge is 0.219 e. The molecule has 0 atom stereocenters. The lowest BCUT2D eigenvalue weighted by atomic mass is 9.91. The second kappa shape index (κ2) is 5.72. The lowest BCUT2D eigenvalue weighted by Crippen LogP contribution is -2.36. The Kier molecular flexibility index (Phi) is 3.78. The number of hydrogen-bond donors (Lipinski definition) is 0. The molecule has 1 fully saturated rings. The lowest BCUT2D eigenvalue weighted by molar-refractivity contribution is -0.129. The van der Waals surface area contributed by atoms with Gasteiger partial charge in [0.15, 0.2) is 0 Å². The van der Waals surface area contributed by atoms with E-state index < -0.39 is 0 Å². The van der Waals surface area contributed by atoms with Crippen LogP contribution in [0.25, 0.3) is 5.69 Å². The summed E-state index contributed by atoms with van der Waals surface area (Å²) in [6, 6.07) is 8.35. The van der Waals surface area contributed by atoms with Crippen molar-refractivity contribution in [2.24, 2.45) is 0 Å². The summed E-state index contributed by atoms with van der Waals surface area (Å²) in [5, 5.41) is 4.49. The number of carbonyl (C=O) groups is 1. The number of aromatic nitrogens is 2. The molecule has 0 N–H and O–H groups in total. The summed E-state index contributed by atoms with van der Waals surface area (Å²) in [6.07, 6.45) is 6.15. The molecular weight excluding hydrogens is 262 g/mol. The molecule has 1 amide bonds. The summed E-state index contributed by atoms with van der Waals surface area (Å²) < 4.78 is 1.94. The number of amides is 1. The number of carbonyl (C=O) groups excluding carboxylic acids is 1. The first-order valence-corrected chi connectivity index (χ1v) is 7.50. The van der Waals surface area contributed by atoms with Crippen LogP contribution in [0, 0.1) is 6.92 Å². The monoisotopic (exact) mass is 283 g/mol. The van der Waals surface area contributed by atoms with E-state index in [-0.39, 0.29) is 5.91 Å². The minimum atomic E-state index is 0.184. The van der Waals surface area contributed by atoms with Gasteiger partial charge in [-0.25, -0.2) is 4.68 Å². The van der Waals surface area contributed by atoms with Gasteiger partial charge in [0, 0.05) is 26.2 Å². The summed E-state index contributed by atoms with van der Waals surface area (Å²) in [5.74, 6) is 0.697. The fourth-order valence-corrected chi connectivity index (χ4v) is 2.99. The highest BCUT2D eigenvalue weighted by atomic mass is 16.2. The van der Waals surface area contributed by atoms with Gasteiger partial charge in [-0.15, -0.1) is 0 Å². The van der Waals surface area contributed by atoms with Crippen LogP contribution in [-0.2, 0) is 4.79 Å². The van der Waals surface area contributed by atoms with E-state index in [9.17, 15) is 4.79 Å². The molecule has 4 heteroatoms. The second-order valence-corrected chi connectivity index (χ2v) is 5.84. The molecular formula is C17H21N3O. The number of benzene rings is 1. The third kappa shape index (κ3) is 2.99. The first-order valence-electron chi connectivity index (χ1n) is 7.50. The Morgan fingerprint density at radius 1 is 1.29 bits per heavy atom. The SMILES string of the molecule is CC(=O)N1CCC(c2cnn(-c3cccc(C)c3)c2)CC1. The highest BCUT2D eigenvalue weighted by molar-refractivity contribution is 5.73. The van der Waals surface area contributed by atoms with Gasteiger partial charge in [0.2, 0.25) is 5.91 Å². The van der Waals surface area contributed by atoms with Gasteiger partial charge in [-0.3, -0.25) is 4.79 Å². The van der Waals surface area contributed by atoms with Gasteiger partial charge in [-0.05, 0) is 48.9 Å². The van der Waals surface area contributed by atoms with Crippen molar-refractivity contribution in [2.45, 2.75) is 32.6 Å². The van der Waals surface area contributed by atoms with E-state index in [0.717, 1.165) is 31.6 Å². The molecule has 110 valence electrons. The fraction of sp³-hybridized carbons (Fsp3) is 0.412. The maximum atomic E-state index is 11.4. The quantitative estimate of drug-likeness (QED) is 0.850. The molecule has 1 saturated heterocycles. The third-order valence-electron chi connectivity index (χ3n) is 4.28. The summed E-state index contributed by atoms with van der Waals surface area (Å²) in [6.45, 7) is 5.45. The summed E-state index contributed by atoms with van der Waals surface area (Å²) in [5.41, 5.74) is 3.61. The molecule has 0 bridgehead atoms. The maximum absolute atomic E-state index is 11.4. The number of rotatable bonds is 2. The molecule has 0 unspecified atom stereocenters. The molecule has 1 aromatic heterocycles. The first-order chi connectivity index (χ1) is 10.1. The number of hydrogen-bond acceptors (Lipinski definition) is 2. The molecule has 1 aromatic carbocycles. The van der Waals surface area contributed by atoms with Crippen LogP contribution in [0.5, 0.6) is 0 Å². The van der Waals surface area contributed by atoms with Crippen LogP contribution in [0.2, 0.25) is 0 Å². The van der Waals surface area contributed by atoms with E-state index in [0.29, 0.717) is 5.92 Å². The lowest BCUT2D eigenvalue weighted by Gasteiger charge is -2.30. The van der Waals surface area contributed by atoms with Gasteiger partial charge < -0.3 is 4.90 Å². The molecule has 2 aromatic rings. The normalized spacial score (nSPS) is 16.2. The zero-order valence-corrected chi connectivity index (χ0v) is 12.6. The molecule has 2 heterocycles. The summed E-state index contributed by atoms with van der Waals surface area (Å²) in [4.78, 5) is 13.3. The highest BCUT2D eigenvalue weighted by Gasteiger charge is 2.22. The largest absolute Gasteiger partial charge is 0.343 e. The van der Waals surface area contributed by atoms with Crippen LogP contribution in [0.1, 0.15) is 36.8 Å². The minimum absolute atomic E-state index is 0.184. The molecule has 3 rings (SSSR count). The van der Waals surface area contributed by atoms with Crippen molar-refractivity contribution in [3.63, 3.8) is 0 Å². The van der Waals surface area contributed by atoms with E-state index in [1.54, 1.807) is 6.92 Å². The third-order valence-corrected chi connectivity index (χ3v) is 4.28. The Morgan fingerprint density at radius 3 is 2.71 bits per heavy atom. The van der Waals surface area contributed by atoms with E-state index >= 15 is 0 Å². The average molecular weight is 283 g/mol. The van der Waals surface area contributed by atoms with E-state index in [1.807, 2.05) is 15.8 Å². The topological polar surface area (TPSA) is 38.1 Å². The van der Waals surface area contributed by atoms with Crippen molar-refractivity contribution in [3.8, 4) is 5.69 Å². The standard InChI is InChI=1S/C17H21N3O/c1-13-4-3-5-17(10-13)20-12-16(11-18-20)15-6-8-19(9-7-15)14(2)21/h3-5,10-12,15H,6-9H2,1-2H3. The Bertz CT molecular complexity index is 639. The Balaban J connectivity index is 1.73. The minimum Gasteiger partial charge on any atom is -0.343 e. The average Bonchev–Trinajstić information content (AvgIpc) is 2.97. The predicted octanol–water partition coefficient (Wildman–Crippen LogP) is 2.91. The fourth-order valence-electron chi connectivity index (χ4n) is 2.99. The van der Waals surface area contributed by atoms with Crippen molar-refractivity contribution in [3.05, 3.63) is 47.8 Å². The molecule has 4 nitrogen and oxygen atoms in total. The van der Waals surface area contributed by atoms with Crippen LogP contribution < -0.4 is 0 Å². The van der Waals surface area contributed by atoms with Crippen LogP contribution in [0.15, 0.2) is 36.7 Å². The molecule has 0 radical (unpaired) electrons. The van der Waals surface area contributed by atoms with Crippen LogP contribution in [0.3, 0.4) is 0 Å². The van der Waals surface area contributed by atoms with Crippen molar-refractivity contribution in [1.29, 1.82) is 0 Å². The van der Waals surface area contributed by atoms with Gasteiger partial charge in [0.25, 0.3) is 0 Å². The van der Waals surface area contributed by atoms with Gasteiger partial charge >= 0.3 is 0 Å². The zero-order valence-electron chi connectivity index (χ0n) is 12.6. The van der Waals surface area contributed by atoms with Crippen molar-refractivity contribution in [1.82, 2.24) is 14.7 Å². The second-order valence-electron chi connectivity index (χ2n) is 5.84. The Morgan fingerprint density at radius 2 is 2.05 bits per heavy atom. The van der Waals surface area contributed by atoms with Crippen molar-refractivity contribution < 1.29 is 4.79 Å². The van der Waals surface area contributed by atoms with E-state index in [2.05, 4.69) is 42.5 Å². The van der Waals surface area contributed by atoms with E-state index in [4.69, 9.17) is 0 Å². The van der Waals surface area contributed by atoms with Gasteiger partial charge in [0.1, 0.15) is 0 Å². The maximum Gasteiger partial charge on any atom is 0.219 e. The zero-order chi connectivity index (χ0) is 14.8.